The lowest BCUT2D eigenvalue weighted by molar-refractivity contribution is 1.48. The summed E-state index contributed by atoms with van der Waals surface area (Å²) in [7, 11) is 0. The normalized spacial score (nSPS) is 12.7. The molecule has 0 atom stereocenters. The summed E-state index contributed by atoms with van der Waals surface area (Å²) >= 11 is 3.91. The summed E-state index contributed by atoms with van der Waals surface area (Å²) in [6.45, 7) is 8.02. The van der Waals surface area contributed by atoms with Crippen LogP contribution >= 0.6 is 34.8 Å². The molecule has 5 aromatic rings. The number of benzene rings is 2. The van der Waals surface area contributed by atoms with Crippen molar-refractivity contribution in [2.75, 3.05) is 0 Å². The zero-order chi connectivity index (χ0) is 27.8. The lowest BCUT2D eigenvalue weighted by Gasteiger charge is -2.01. The Balaban J connectivity index is 0.00000172. The first-order valence-electron chi connectivity index (χ1n) is 12.2. The highest BCUT2D eigenvalue weighted by atomic mass is 32.1. The van der Waals surface area contributed by atoms with Crippen molar-refractivity contribution in [2.24, 2.45) is 0 Å². The standard InChI is InChI=1S/C28H18N6S3.C2H6/c1-17(13-19(15-29)22-5-3-7-24-27(22)33-36-31-24)9-10-18(2)26-12-11-21(35-26)14-20(16-30)23-6-4-8-25-28(23)34-37-32-25;1-2/h3-14H,1-2H3;1-2H3/b17-9+,18-10+,19-13+,20-14+;. The van der Waals surface area contributed by atoms with Crippen LogP contribution in [-0.4, -0.2) is 17.5 Å². The Hall–Kier alpha value is -4.28. The first-order chi connectivity index (χ1) is 19.1. The van der Waals surface area contributed by atoms with Crippen LogP contribution in [0, 0.1) is 22.7 Å². The number of nitrogens with zero attached hydrogens (tertiary/aromatic N) is 6. The van der Waals surface area contributed by atoms with Gasteiger partial charge < -0.3 is 0 Å². The van der Waals surface area contributed by atoms with Crippen molar-refractivity contribution < 1.29 is 0 Å². The van der Waals surface area contributed by atoms with Gasteiger partial charge in [-0.15, -0.1) is 11.3 Å². The molecule has 39 heavy (non-hydrogen) atoms. The van der Waals surface area contributed by atoms with Crippen molar-refractivity contribution in [1.82, 2.24) is 17.5 Å². The van der Waals surface area contributed by atoms with Gasteiger partial charge in [-0.1, -0.05) is 50.3 Å². The lowest BCUT2D eigenvalue weighted by Crippen LogP contribution is -1.85. The number of hydrogen-bond acceptors (Lipinski definition) is 9. The highest BCUT2D eigenvalue weighted by Crippen LogP contribution is 2.30. The van der Waals surface area contributed by atoms with E-state index in [0.29, 0.717) is 11.1 Å². The Morgan fingerprint density at radius 2 is 1.33 bits per heavy atom. The van der Waals surface area contributed by atoms with Crippen molar-refractivity contribution in [3.63, 3.8) is 0 Å². The molecule has 3 aromatic heterocycles. The molecule has 0 fully saturated rings. The molecule has 192 valence electrons. The fraction of sp³-hybridized carbons (Fsp3) is 0.133. The zero-order valence-corrected chi connectivity index (χ0v) is 24.3. The van der Waals surface area contributed by atoms with E-state index in [0.717, 1.165) is 77.6 Å². The molecule has 5 rings (SSSR count). The second-order valence-corrected chi connectivity index (χ2v) is 10.3. The predicted octanol–water partition coefficient (Wildman–Crippen LogP) is 8.80. The molecule has 0 bridgehead atoms. The number of thiophene rings is 1. The van der Waals surface area contributed by atoms with E-state index in [9.17, 15) is 10.5 Å². The predicted molar refractivity (Wildman–Crippen MR) is 165 cm³/mol. The van der Waals surface area contributed by atoms with Gasteiger partial charge in [0.15, 0.2) is 0 Å². The van der Waals surface area contributed by atoms with Crippen LogP contribution in [0.5, 0.6) is 0 Å². The third-order valence-corrected chi connectivity index (χ3v) is 7.92. The third kappa shape index (κ3) is 6.24. The molecule has 0 radical (unpaired) electrons. The summed E-state index contributed by atoms with van der Waals surface area (Å²) in [6.07, 6.45) is 7.80. The molecular formula is C30H24N6S3. The van der Waals surface area contributed by atoms with Crippen molar-refractivity contribution in [3.05, 3.63) is 93.2 Å². The van der Waals surface area contributed by atoms with Gasteiger partial charge in [-0.3, -0.25) is 0 Å². The van der Waals surface area contributed by atoms with Gasteiger partial charge in [-0.05, 0) is 61.4 Å². The Labute approximate surface area is 239 Å². The molecule has 0 spiro atoms. The number of aromatic nitrogens is 4. The van der Waals surface area contributed by atoms with E-state index in [1.807, 2.05) is 94.5 Å². The van der Waals surface area contributed by atoms with E-state index in [1.54, 1.807) is 11.3 Å². The lowest BCUT2D eigenvalue weighted by atomic mass is 10.0. The van der Waals surface area contributed by atoms with Gasteiger partial charge in [0.2, 0.25) is 0 Å². The van der Waals surface area contributed by atoms with Gasteiger partial charge in [-0.25, -0.2) is 0 Å². The summed E-state index contributed by atoms with van der Waals surface area (Å²) in [5, 5.41) is 19.6. The summed E-state index contributed by atoms with van der Waals surface area (Å²) in [5.41, 5.74) is 7.81. The summed E-state index contributed by atoms with van der Waals surface area (Å²) in [5.74, 6) is 0. The van der Waals surface area contributed by atoms with E-state index >= 15 is 0 Å². The fourth-order valence-corrected chi connectivity index (χ4v) is 5.82. The maximum atomic E-state index is 9.81. The van der Waals surface area contributed by atoms with Gasteiger partial charge in [0.25, 0.3) is 0 Å². The van der Waals surface area contributed by atoms with Crippen molar-refractivity contribution in [3.8, 4) is 12.1 Å². The molecule has 3 heterocycles. The molecule has 0 aliphatic rings. The van der Waals surface area contributed by atoms with E-state index in [-0.39, 0.29) is 0 Å². The second-order valence-electron chi connectivity index (χ2n) is 8.18. The average molecular weight is 565 g/mol. The monoisotopic (exact) mass is 564 g/mol. The van der Waals surface area contributed by atoms with Crippen LogP contribution in [-0.2, 0) is 0 Å². The van der Waals surface area contributed by atoms with Gasteiger partial charge in [0, 0.05) is 20.9 Å². The second kappa shape index (κ2) is 13.0. The van der Waals surface area contributed by atoms with Crippen LogP contribution in [0.3, 0.4) is 0 Å². The minimum Gasteiger partial charge on any atom is -0.192 e. The van der Waals surface area contributed by atoms with Crippen LogP contribution in [0.15, 0.2) is 72.3 Å². The fourth-order valence-electron chi connectivity index (χ4n) is 3.79. The molecule has 0 N–H and O–H groups in total. The van der Waals surface area contributed by atoms with Crippen LogP contribution in [0.2, 0.25) is 0 Å². The highest BCUT2D eigenvalue weighted by Gasteiger charge is 2.11. The van der Waals surface area contributed by atoms with Crippen LogP contribution < -0.4 is 0 Å². The number of hydrogen-bond donors (Lipinski definition) is 0. The first kappa shape index (κ1) is 27.7. The maximum absolute atomic E-state index is 9.81. The van der Waals surface area contributed by atoms with Crippen LogP contribution in [0.4, 0.5) is 0 Å². The minimum absolute atomic E-state index is 0.552. The van der Waals surface area contributed by atoms with E-state index in [1.165, 1.54) is 0 Å². The SMILES string of the molecule is CC.CC(/C=C(\C#N)c1cccc2nsnc12)=C\C=C(/C)c1ccc(/C=C(\C#N)c2cccc3nsnc23)s1. The number of allylic oxidation sites excluding steroid dienone is 7. The average Bonchev–Trinajstić information content (AvgIpc) is 3.75. The van der Waals surface area contributed by atoms with E-state index in [2.05, 4.69) is 35.7 Å². The Morgan fingerprint density at radius 3 is 1.92 bits per heavy atom. The van der Waals surface area contributed by atoms with Crippen molar-refractivity contribution in [1.29, 1.82) is 10.5 Å². The summed E-state index contributed by atoms with van der Waals surface area (Å²) < 4.78 is 17.2. The maximum Gasteiger partial charge on any atom is 0.113 e. The molecule has 9 heteroatoms. The smallest absolute Gasteiger partial charge is 0.113 e. The van der Waals surface area contributed by atoms with Crippen LogP contribution in [0.1, 0.15) is 48.6 Å². The highest BCUT2D eigenvalue weighted by molar-refractivity contribution is 7.14. The molecule has 0 unspecified atom stereocenters. The number of fused-ring (bicyclic) bond motifs is 2. The zero-order valence-electron chi connectivity index (χ0n) is 21.8. The molecule has 0 saturated carbocycles. The quantitative estimate of drug-likeness (QED) is 0.151. The van der Waals surface area contributed by atoms with Gasteiger partial charge in [0.1, 0.15) is 22.1 Å². The molecule has 2 aromatic carbocycles. The third-order valence-electron chi connectivity index (χ3n) is 5.66. The first-order valence-corrected chi connectivity index (χ1v) is 14.5. The van der Waals surface area contributed by atoms with Crippen LogP contribution in [0.25, 0.3) is 44.9 Å². The van der Waals surface area contributed by atoms with Gasteiger partial charge >= 0.3 is 0 Å². The Bertz CT molecular complexity index is 1830. The largest absolute Gasteiger partial charge is 0.192 e. The van der Waals surface area contributed by atoms with Crippen molar-refractivity contribution >= 4 is 79.7 Å². The molecule has 0 aliphatic carbocycles. The summed E-state index contributed by atoms with van der Waals surface area (Å²) in [6, 6.07) is 20.1. The molecule has 0 amide bonds. The molecule has 0 aliphatic heterocycles. The topological polar surface area (TPSA) is 99.1 Å². The number of nitriles is 2. The van der Waals surface area contributed by atoms with Gasteiger partial charge in [0.05, 0.1) is 46.7 Å². The molecular weight excluding hydrogens is 541 g/mol. The van der Waals surface area contributed by atoms with E-state index < -0.39 is 0 Å². The molecule has 0 saturated heterocycles. The Morgan fingerprint density at radius 1 is 0.744 bits per heavy atom. The van der Waals surface area contributed by atoms with Gasteiger partial charge in [-0.2, -0.15) is 28.0 Å². The molecule has 6 nitrogen and oxygen atoms in total. The number of rotatable bonds is 6. The minimum atomic E-state index is 0.552. The van der Waals surface area contributed by atoms with Crippen molar-refractivity contribution in [2.45, 2.75) is 27.7 Å². The Kier molecular flexibility index (Phi) is 9.24. The van der Waals surface area contributed by atoms with E-state index in [4.69, 9.17) is 0 Å². The summed E-state index contributed by atoms with van der Waals surface area (Å²) in [4.78, 5) is 2.08.